The molecule has 3 aromatic carbocycles. The van der Waals surface area contributed by atoms with Crippen LogP contribution in [0.5, 0.6) is 0 Å². The molecule has 0 spiro atoms. The number of aryl methyl sites for hydroxylation is 1. The first-order valence-corrected chi connectivity index (χ1v) is 11.8. The number of hydrogen-bond acceptors (Lipinski definition) is 3. The number of rotatable bonds is 6. The molecule has 0 saturated carbocycles. The summed E-state index contributed by atoms with van der Waals surface area (Å²) in [6.07, 6.45) is 0.0524. The van der Waals surface area contributed by atoms with Gasteiger partial charge in [-0.15, -0.1) is 0 Å². The molecule has 4 aromatic rings. The predicted molar refractivity (Wildman–Crippen MR) is 133 cm³/mol. The Morgan fingerprint density at radius 2 is 1.57 bits per heavy atom. The number of aromatic nitrogens is 2. The summed E-state index contributed by atoms with van der Waals surface area (Å²) in [5.74, 6) is -0.919. The van der Waals surface area contributed by atoms with Crippen molar-refractivity contribution < 1.29 is 14.0 Å². The van der Waals surface area contributed by atoms with Crippen LogP contribution < -0.4 is 4.90 Å². The molecule has 0 N–H and O–H groups in total. The third-order valence-corrected chi connectivity index (χ3v) is 6.68. The van der Waals surface area contributed by atoms with E-state index in [0.29, 0.717) is 17.9 Å². The van der Waals surface area contributed by atoms with Gasteiger partial charge in [-0.3, -0.25) is 14.5 Å². The van der Waals surface area contributed by atoms with Gasteiger partial charge in [-0.25, -0.2) is 9.07 Å². The second-order valence-corrected chi connectivity index (χ2v) is 8.78. The van der Waals surface area contributed by atoms with E-state index in [1.807, 2.05) is 62.4 Å². The van der Waals surface area contributed by atoms with Crippen LogP contribution in [0.25, 0.3) is 5.69 Å². The number of fused-ring (bicyclic) bond motifs is 1. The highest BCUT2D eigenvalue weighted by atomic mass is 19.1. The average molecular weight is 468 g/mol. The molecule has 2 atom stereocenters. The van der Waals surface area contributed by atoms with Crippen molar-refractivity contribution in [2.45, 2.75) is 26.2 Å². The van der Waals surface area contributed by atoms with Crippen LogP contribution in [-0.2, 0) is 4.79 Å². The lowest BCUT2D eigenvalue weighted by molar-refractivity contribution is -0.123. The van der Waals surface area contributed by atoms with Crippen LogP contribution in [0.1, 0.15) is 46.4 Å². The van der Waals surface area contributed by atoms with E-state index in [-0.39, 0.29) is 23.9 Å². The standard InChI is InChI=1S/C29H26FN3O2/c1-3-32-28-26(19(2)31-33(28)23-12-8-5-9-13-23)27(21-14-16-22(30)17-15-21)24(29(32)35)18-25(34)20-10-6-4-7-11-20/h4-17,24,27H,3,18H2,1-2H3/t24-,27+/m0/s1. The Labute approximate surface area is 203 Å². The molecular formula is C29H26FN3O2. The van der Waals surface area contributed by atoms with Gasteiger partial charge in [0.1, 0.15) is 11.6 Å². The fourth-order valence-electron chi connectivity index (χ4n) is 5.07. The third kappa shape index (κ3) is 4.05. The molecule has 0 unspecified atom stereocenters. The zero-order valence-electron chi connectivity index (χ0n) is 19.7. The Kier molecular flexibility index (Phi) is 6.03. The second kappa shape index (κ2) is 9.29. The molecular weight excluding hydrogens is 441 g/mol. The van der Waals surface area contributed by atoms with E-state index in [9.17, 15) is 14.0 Å². The van der Waals surface area contributed by atoms with Crippen molar-refractivity contribution in [3.05, 3.63) is 113 Å². The summed E-state index contributed by atoms with van der Waals surface area (Å²) in [7, 11) is 0. The number of carbonyl (C=O) groups is 2. The van der Waals surface area contributed by atoms with Crippen molar-refractivity contribution in [1.29, 1.82) is 0 Å². The number of halogens is 1. The third-order valence-electron chi connectivity index (χ3n) is 6.68. The van der Waals surface area contributed by atoms with Gasteiger partial charge in [0.25, 0.3) is 0 Å². The first kappa shape index (κ1) is 22.7. The highest BCUT2D eigenvalue weighted by Crippen LogP contribution is 2.47. The molecule has 0 saturated heterocycles. The molecule has 35 heavy (non-hydrogen) atoms. The van der Waals surface area contributed by atoms with Gasteiger partial charge in [0.2, 0.25) is 5.91 Å². The van der Waals surface area contributed by atoms with E-state index in [2.05, 4.69) is 0 Å². The van der Waals surface area contributed by atoms with Gasteiger partial charge in [0.05, 0.1) is 17.3 Å². The Morgan fingerprint density at radius 1 is 0.943 bits per heavy atom. The van der Waals surface area contributed by atoms with Gasteiger partial charge < -0.3 is 0 Å². The van der Waals surface area contributed by atoms with E-state index in [4.69, 9.17) is 5.10 Å². The maximum atomic E-state index is 14.0. The maximum Gasteiger partial charge on any atom is 0.232 e. The van der Waals surface area contributed by atoms with E-state index in [0.717, 1.165) is 22.5 Å². The van der Waals surface area contributed by atoms with Crippen LogP contribution in [0.15, 0.2) is 84.9 Å². The summed E-state index contributed by atoms with van der Waals surface area (Å²) in [6.45, 7) is 4.29. The molecule has 1 aliphatic heterocycles. The molecule has 6 heteroatoms. The number of Topliss-reactive ketones (excluding diaryl/α,β-unsaturated/α-hetero) is 1. The lowest BCUT2D eigenvalue weighted by Crippen LogP contribution is -2.45. The quantitative estimate of drug-likeness (QED) is 0.342. The molecule has 176 valence electrons. The molecule has 0 fully saturated rings. The number of ketones is 1. The Bertz CT molecular complexity index is 1360. The SMILES string of the molecule is CCN1C(=O)[C@@H](CC(=O)c2ccccc2)[C@@H](c2ccc(F)cc2)c2c(C)nn(-c3ccccc3)c21. The van der Waals surface area contributed by atoms with Crippen LogP contribution in [0.2, 0.25) is 0 Å². The van der Waals surface area contributed by atoms with Crippen LogP contribution in [0.4, 0.5) is 10.2 Å². The summed E-state index contributed by atoms with van der Waals surface area (Å²) in [4.78, 5) is 29.0. The first-order chi connectivity index (χ1) is 17.0. The van der Waals surface area contributed by atoms with Crippen LogP contribution in [0, 0.1) is 18.7 Å². The lowest BCUT2D eigenvalue weighted by atomic mass is 9.74. The van der Waals surface area contributed by atoms with Gasteiger partial charge >= 0.3 is 0 Å². The summed E-state index contributed by atoms with van der Waals surface area (Å²) in [6, 6.07) is 24.9. The predicted octanol–water partition coefficient (Wildman–Crippen LogP) is 5.71. The molecule has 1 aliphatic rings. The number of nitrogens with zero attached hydrogens (tertiary/aromatic N) is 3. The molecule has 0 bridgehead atoms. The highest BCUT2D eigenvalue weighted by Gasteiger charge is 2.45. The number of anilines is 1. The zero-order valence-corrected chi connectivity index (χ0v) is 19.7. The number of benzene rings is 3. The minimum Gasteiger partial charge on any atom is -0.296 e. The van der Waals surface area contributed by atoms with Gasteiger partial charge in [-0.05, 0) is 43.7 Å². The highest BCUT2D eigenvalue weighted by molar-refractivity contribution is 6.04. The summed E-state index contributed by atoms with van der Waals surface area (Å²) in [5.41, 5.74) is 3.89. The lowest BCUT2D eigenvalue weighted by Gasteiger charge is -2.38. The van der Waals surface area contributed by atoms with E-state index in [1.165, 1.54) is 12.1 Å². The molecule has 1 aromatic heterocycles. The Morgan fingerprint density at radius 3 is 2.20 bits per heavy atom. The number of amides is 1. The normalized spacial score (nSPS) is 17.3. The summed E-state index contributed by atoms with van der Waals surface area (Å²) < 4.78 is 15.6. The largest absolute Gasteiger partial charge is 0.296 e. The molecule has 1 amide bonds. The Balaban J connectivity index is 1.69. The van der Waals surface area contributed by atoms with Gasteiger partial charge in [0.15, 0.2) is 5.78 Å². The maximum absolute atomic E-state index is 14.0. The monoisotopic (exact) mass is 467 g/mol. The van der Waals surface area contributed by atoms with E-state index < -0.39 is 11.8 Å². The van der Waals surface area contributed by atoms with Crippen LogP contribution in [-0.4, -0.2) is 28.0 Å². The topological polar surface area (TPSA) is 55.2 Å². The van der Waals surface area contributed by atoms with Crippen molar-refractivity contribution in [2.24, 2.45) is 5.92 Å². The minimum atomic E-state index is -0.632. The van der Waals surface area contributed by atoms with Gasteiger partial charge in [0, 0.05) is 30.0 Å². The van der Waals surface area contributed by atoms with E-state index in [1.54, 1.807) is 33.8 Å². The first-order valence-electron chi connectivity index (χ1n) is 11.8. The van der Waals surface area contributed by atoms with Crippen molar-refractivity contribution in [1.82, 2.24) is 9.78 Å². The van der Waals surface area contributed by atoms with Gasteiger partial charge in [-0.1, -0.05) is 60.7 Å². The smallest absolute Gasteiger partial charge is 0.232 e. The number of hydrogen-bond donors (Lipinski definition) is 0. The van der Waals surface area contributed by atoms with Crippen molar-refractivity contribution in [3.63, 3.8) is 0 Å². The van der Waals surface area contributed by atoms with Crippen LogP contribution in [0.3, 0.4) is 0 Å². The van der Waals surface area contributed by atoms with Gasteiger partial charge in [-0.2, -0.15) is 5.10 Å². The fraction of sp³-hybridized carbons (Fsp3) is 0.207. The van der Waals surface area contributed by atoms with Crippen LogP contribution >= 0.6 is 0 Å². The van der Waals surface area contributed by atoms with Crippen molar-refractivity contribution in [2.75, 3.05) is 11.4 Å². The number of carbonyl (C=O) groups excluding carboxylic acids is 2. The van der Waals surface area contributed by atoms with E-state index >= 15 is 0 Å². The number of para-hydroxylation sites is 1. The van der Waals surface area contributed by atoms with Crippen molar-refractivity contribution in [3.8, 4) is 5.69 Å². The summed E-state index contributed by atoms with van der Waals surface area (Å²) in [5, 5.41) is 4.82. The molecule has 0 radical (unpaired) electrons. The Hall–Kier alpha value is -4.06. The fourth-order valence-corrected chi connectivity index (χ4v) is 5.07. The minimum absolute atomic E-state index is 0.0524. The zero-order chi connectivity index (χ0) is 24.5. The molecule has 2 heterocycles. The molecule has 5 nitrogen and oxygen atoms in total. The van der Waals surface area contributed by atoms with Crippen molar-refractivity contribution >= 4 is 17.5 Å². The average Bonchev–Trinajstić information content (AvgIpc) is 3.23. The second-order valence-electron chi connectivity index (χ2n) is 8.78. The summed E-state index contributed by atoms with van der Waals surface area (Å²) >= 11 is 0. The molecule has 0 aliphatic carbocycles. The molecule has 5 rings (SSSR count).